The van der Waals surface area contributed by atoms with E-state index < -0.39 is 5.82 Å². The third-order valence-electron chi connectivity index (χ3n) is 1.56. The van der Waals surface area contributed by atoms with E-state index in [9.17, 15) is 9.18 Å². The van der Waals surface area contributed by atoms with Gasteiger partial charge in [-0.3, -0.25) is 4.79 Å². The van der Waals surface area contributed by atoms with Gasteiger partial charge >= 0.3 is 0 Å². The van der Waals surface area contributed by atoms with Gasteiger partial charge in [0.1, 0.15) is 17.4 Å². The topological polar surface area (TPSA) is 40.9 Å². The number of carbonyl (C=O) groups is 1. The Morgan fingerprint density at radius 3 is 2.62 bits per heavy atom. The summed E-state index contributed by atoms with van der Waals surface area (Å²) in [5, 5.41) is 8.52. The first-order valence-corrected chi connectivity index (χ1v) is 4.25. The highest BCUT2D eigenvalue weighted by atomic mass is 79.9. The number of hydrogen-bond acceptors (Lipinski definition) is 2. The maximum atomic E-state index is 13.1. The van der Waals surface area contributed by atoms with Crippen LogP contribution in [0.5, 0.6) is 0 Å². The summed E-state index contributed by atoms with van der Waals surface area (Å²) in [4.78, 5) is 10.9. The lowest BCUT2D eigenvalue weighted by atomic mass is 10.1. The van der Waals surface area contributed by atoms with Gasteiger partial charge in [0.25, 0.3) is 0 Å². The molecule has 0 unspecified atom stereocenters. The SMILES string of the molecule is CC(=O)c1cc(F)c(C#N)c(Br)c1. The van der Waals surface area contributed by atoms with E-state index in [1.807, 2.05) is 0 Å². The zero-order valence-corrected chi connectivity index (χ0v) is 8.35. The molecule has 1 aromatic rings. The third-order valence-corrected chi connectivity index (χ3v) is 2.19. The average molecular weight is 242 g/mol. The number of halogens is 2. The number of ketones is 1. The van der Waals surface area contributed by atoms with E-state index in [4.69, 9.17) is 5.26 Å². The molecule has 1 rings (SSSR count). The quantitative estimate of drug-likeness (QED) is 0.710. The van der Waals surface area contributed by atoms with E-state index in [0.29, 0.717) is 4.47 Å². The Balaban J connectivity index is 3.39. The average Bonchev–Trinajstić information content (AvgIpc) is 2.03. The van der Waals surface area contributed by atoms with Crippen LogP contribution < -0.4 is 0 Å². The summed E-state index contributed by atoms with van der Waals surface area (Å²) in [5.74, 6) is -0.911. The minimum absolute atomic E-state index is 0.0787. The predicted molar refractivity (Wildman–Crippen MR) is 48.8 cm³/mol. The lowest BCUT2D eigenvalue weighted by Gasteiger charge is -2.00. The molecular weight excluding hydrogens is 237 g/mol. The van der Waals surface area contributed by atoms with Gasteiger partial charge in [-0.25, -0.2) is 4.39 Å². The Bertz CT molecular complexity index is 386. The molecule has 0 amide bonds. The van der Waals surface area contributed by atoms with Crippen molar-refractivity contribution in [2.75, 3.05) is 0 Å². The highest BCUT2D eigenvalue weighted by Gasteiger charge is 2.10. The van der Waals surface area contributed by atoms with Crippen LogP contribution in [0.1, 0.15) is 22.8 Å². The second kappa shape index (κ2) is 3.67. The Hall–Kier alpha value is -1.21. The molecule has 0 saturated heterocycles. The minimum Gasteiger partial charge on any atom is -0.295 e. The zero-order valence-electron chi connectivity index (χ0n) is 6.77. The van der Waals surface area contributed by atoms with Crippen LogP contribution in [0, 0.1) is 17.1 Å². The fraction of sp³-hybridized carbons (Fsp3) is 0.111. The predicted octanol–water partition coefficient (Wildman–Crippen LogP) is 2.66. The first-order valence-electron chi connectivity index (χ1n) is 3.46. The molecular formula is C9H5BrFNO. The summed E-state index contributed by atoms with van der Waals surface area (Å²) in [7, 11) is 0. The van der Waals surface area contributed by atoms with Crippen molar-refractivity contribution in [3.05, 3.63) is 33.5 Å². The van der Waals surface area contributed by atoms with Crippen molar-refractivity contribution in [2.45, 2.75) is 6.92 Å². The molecule has 0 atom stereocenters. The highest BCUT2D eigenvalue weighted by Crippen LogP contribution is 2.21. The maximum absolute atomic E-state index is 13.1. The van der Waals surface area contributed by atoms with Crippen molar-refractivity contribution in [1.82, 2.24) is 0 Å². The minimum atomic E-state index is -0.679. The summed E-state index contributed by atoms with van der Waals surface area (Å²) in [6.07, 6.45) is 0. The van der Waals surface area contributed by atoms with Gasteiger partial charge in [0.05, 0.1) is 0 Å². The number of rotatable bonds is 1. The van der Waals surface area contributed by atoms with Gasteiger partial charge in [0.15, 0.2) is 5.78 Å². The maximum Gasteiger partial charge on any atom is 0.159 e. The smallest absolute Gasteiger partial charge is 0.159 e. The first kappa shape index (κ1) is 9.87. The van der Waals surface area contributed by atoms with E-state index in [2.05, 4.69) is 15.9 Å². The van der Waals surface area contributed by atoms with Crippen LogP contribution in [0.4, 0.5) is 4.39 Å². The Morgan fingerprint density at radius 1 is 1.62 bits per heavy atom. The summed E-state index contributed by atoms with van der Waals surface area (Å²) < 4.78 is 13.4. The third kappa shape index (κ3) is 1.93. The van der Waals surface area contributed by atoms with Gasteiger partial charge in [-0.1, -0.05) is 0 Å². The molecule has 4 heteroatoms. The van der Waals surface area contributed by atoms with Crippen LogP contribution in [-0.4, -0.2) is 5.78 Å². The molecule has 0 heterocycles. The molecule has 13 heavy (non-hydrogen) atoms. The van der Waals surface area contributed by atoms with Crippen molar-refractivity contribution < 1.29 is 9.18 Å². The lowest BCUT2D eigenvalue weighted by Crippen LogP contribution is -1.96. The molecule has 0 radical (unpaired) electrons. The summed E-state index contributed by atoms with van der Waals surface area (Å²) >= 11 is 3.01. The van der Waals surface area contributed by atoms with Crippen molar-refractivity contribution in [1.29, 1.82) is 5.26 Å². The number of nitrogens with zero attached hydrogens (tertiary/aromatic N) is 1. The molecule has 66 valence electrons. The van der Waals surface area contributed by atoms with Crippen LogP contribution in [-0.2, 0) is 0 Å². The number of nitriles is 1. The van der Waals surface area contributed by atoms with Crippen LogP contribution in [0.25, 0.3) is 0 Å². The van der Waals surface area contributed by atoms with Gasteiger partial charge in [-0.05, 0) is 35.0 Å². The van der Waals surface area contributed by atoms with Crippen LogP contribution in [0.3, 0.4) is 0 Å². The summed E-state index contributed by atoms with van der Waals surface area (Å²) in [6, 6.07) is 4.19. The van der Waals surface area contributed by atoms with Gasteiger partial charge in [0.2, 0.25) is 0 Å². The molecule has 0 aromatic heterocycles. The molecule has 0 bridgehead atoms. The van der Waals surface area contributed by atoms with Crippen LogP contribution in [0.15, 0.2) is 16.6 Å². The number of carbonyl (C=O) groups excluding carboxylic acids is 1. The standard InChI is InChI=1S/C9H5BrFNO/c1-5(13)6-2-8(10)7(4-12)9(11)3-6/h2-3H,1H3. The molecule has 0 spiro atoms. The van der Waals surface area contributed by atoms with Gasteiger partial charge in [-0.15, -0.1) is 0 Å². The highest BCUT2D eigenvalue weighted by molar-refractivity contribution is 9.10. The van der Waals surface area contributed by atoms with Crippen LogP contribution >= 0.6 is 15.9 Å². The van der Waals surface area contributed by atoms with Crippen molar-refractivity contribution in [3.8, 4) is 6.07 Å². The van der Waals surface area contributed by atoms with E-state index in [1.54, 1.807) is 6.07 Å². The molecule has 0 saturated carbocycles. The van der Waals surface area contributed by atoms with Crippen molar-refractivity contribution in [3.63, 3.8) is 0 Å². The summed E-state index contributed by atoms with van der Waals surface area (Å²) in [6.45, 7) is 1.34. The van der Waals surface area contributed by atoms with Gasteiger partial charge in [-0.2, -0.15) is 5.26 Å². The monoisotopic (exact) mass is 241 g/mol. The second-order valence-corrected chi connectivity index (χ2v) is 3.34. The summed E-state index contributed by atoms with van der Waals surface area (Å²) in [5.41, 5.74) is 0.174. The Morgan fingerprint density at radius 2 is 2.23 bits per heavy atom. The largest absolute Gasteiger partial charge is 0.295 e. The number of Topliss-reactive ketones (excluding diaryl/α,β-unsaturated/α-hetero) is 1. The van der Waals surface area contributed by atoms with Crippen molar-refractivity contribution in [2.24, 2.45) is 0 Å². The fourth-order valence-electron chi connectivity index (χ4n) is 0.883. The second-order valence-electron chi connectivity index (χ2n) is 2.48. The molecule has 1 aromatic carbocycles. The van der Waals surface area contributed by atoms with E-state index >= 15 is 0 Å². The van der Waals surface area contributed by atoms with Gasteiger partial charge < -0.3 is 0 Å². The molecule has 0 fully saturated rings. The number of hydrogen-bond donors (Lipinski definition) is 0. The molecule has 0 aliphatic carbocycles. The number of benzene rings is 1. The Labute approximate surface area is 83.1 Å². The van der Waals surface area contributed by atoms with Crippen molar-refractivity contribution >= 4 is 21.7 Å². The Kier molecular flexibility index (Phi) is 2.79. The zero-order chi connectivity index (χ0) is 10.0. The van der Waals surface area contributed by atoms with E-state index in [-0.39, 0.29) is 16.9 Å². The first-order chi connectivity index (χ1) is 6.06. The normalized spacial score (nSPS) is 9.38. The van der Waals surface area contributed by atoms with Crippen LogP contribution in [0.2, 0.25) is 0 Å². The lowest BCUT2D eigenvalue weighted by molar-refractivity contribution is 0.101. The molecule has 0 aliphatic rings. The molecule has 2 nitrogen and oxygen atoms in total. The molecule has 0 N–H and O–H groups in total. The van der Waals surface area contributed by atoms with E-state index in [1.165, 1.54) is 13.0 Å². The van der Waals surface area contributed by atoms with E-state index in [0.717, 1.165) is 6.07 Å². The van der Waals surface area contributed by atoms with Gasteiger partial charge in [0, 0.05) is 10.0 Å². The fourth-order valence-corrected chi connectivity index (χ4v) is 1.41. The molecule has 0 aliphatic heterocycles.